The van der Waals surface area contributed by atoms with Gasteiger partial charge in [-0.25, -0.2) is 14.1 Å². The second-order valence-electron chi connectivity index (χ2n) is 3.65. The lowest BCUT2D eigenvalue weighted by Crippen LogP contribution is -2.05. The van der Waals surface area contributed by atoms with Crippen molar-refractivity contribution >= 4 is 21.6 Å². The molecule has 2 aromatic rings. The Hall–Kier alpha value is -1.83. The second kappa shape index (κ2) is 4.45. The fourth-order valence-electron chi connectivity index (χ4n) is 1.67. The molecule has 0 saturated heterocycles. The normalized spacial score (nSPS) is 10.7. The van der Waals surface area contributed by atoms with E-state index < -0.39 is 10.7 Å². The minimum Gasteiger partial charge on any atom is -0.258 e. The van der Waals surface area contributed by atoms with Crippen LogP contribution in [0, 0.1) is 29.8 Å². The zero-order valence-corrected chi connectivity index (χ0v) is 11.1. The van der Waals surface area contributed by atoms with Gasteiger partial charge in [-0.15, -0.1) is 0 Å². The molecule has 8 heteroatoms. The van der Waals surface area contributed by atoms with Crippen LogP contribution in [0.2, 0.25) is 0 Å². The van der Waals surface area contributed by atoms with E-state index in [-0.39, 0.29) is 22.9 Å². The Kier molecular flexibility index (Phi) is 3.12. The Morgan fingerprint density at radius 1 is 1.50 bits per heavy atom. The molecule has 94 valence electrons. The van der Waals surface area contributed by atoms with Crippen molar-refractivity contribution < 1.29 is 9.31 Å². The predicted molar refractivity (Wildman–Crippen MR) is 65.1 cm³/mol. The first-order valence-corrected chi connectivity index (χ1v) is 5.73. The molecule has 0 spiro atoms. The van der Waals surface area contributed by atoms with Crippen LogP contribution in [0.1, 0.15) is 11.4 Å². The molecule has 0 amide bonds. The van der Waals surface area contributed by atoms with Gasteiger partial charge in [0.05, 0.1) is 4.92 Å². The molecule has 0 fully saturated rings. The average molecular weight is 315 g/mol. The highest BCUT2D eigenvalue weighted by Gasteiger charge is 2.24. The van der Waals surface area contributed by atoms with Crippen LogP contribution in [0.4, 0.5) is 10.1 Å². The molecule has 0 saturated carbocycles. The standard InChI is InChI=1S/C10H8BrFN4O2/c1-5-9(16(17)18)6(2)15(14-5)10-8(12)3-7(11)4-13-10/h3-4H,1-2H3. The Labute approximate surface area is 110 Å². The summed E-state index contributed by atoms with van der Waals surface area (Å²) in [5.41, 5.74) is 0.340. The van der Waals surface area contributed by atoms with Crippen molar-refractivity contribution in [3.05, 3.63) is 44.1 Å². The average Bonchev–Trinajstić information content (AvgIpc) is 2.54. The van der Waals surface area contributed by atoms with E-state index in [0.717, 1.165) is 4.68 Å². The molecule has 2 heterocycles. The van der Waals surface area contributed by atoms with E-state index in [9.17, 15) is 14.5 Å². The number of nitrogens with zero attached hydrogens (tertiary/aromatic N) is 4. The highest BCUT2D eigenvalue weighted by molar-refractivity contribution is 9.10. The van der Waals surface area contributed by atoms with Crippen LogP contribution in [-0.4, -0.2) is 19.7 Å². The molecule has 0 N–H and O–H groups in total. The lowest BCUT2D eigenvalue weighted by Gasteiger charge is -2.03. The topological polar surface area (TPSA) is 73.8 Å². The third-order valence-corrected chi connectivity index (χ3v) is 2.86. The van der Waals surface area contributed by atoms with E-state index in [1.807, 2.05) is 0 Å². The Morgan fingerprint density at radius 3 is 2.67 bits per heavy atom. The highest BCUT2D eigenvalue weighted by Crippen LogP contribution is 2.25. The van der Waals surface area contributed by atoms with Crippen molar-refractivity contribution in [1.29, 1.82) is 0 Å². The zero-order chi connectivity index (χ0) is 13.4. The maximum Gasteiger partial charge on any atom is 0.313 e. The molecule has 0 unspecified atom stereocenters. The van der Waals surface area contributed by atoms with Crippen molar-refractivity contribution in [2.45, 2.75) is 13.8 Å². The van der Waals surface area contributed by atoms with Gasteiger partial charge < -0.3 is 0 Å². The van der Waals surface area contributed by atoms with Gasteiger partial charge in [0.15, 0.2) is 11.6 Å². The highest BCUT2D eigenvalue weighted by atomic mass is 79.9. The number of aromatic nitrogens is 3. The van der Waals surface area contributed by atoms with E-state index in [1.165, 1.54) is 26.1 Å². The van der Waals surface area contributed by atoms with E-state index in [2.05, 4.69) is 26.0 Å². The molecular weight excluding hydrogens is 307 g/mol. The van der Waals surface area contributed by atoms with E-state index in [1.54, 1.807) is 0 Å². The summed E-state index contributed by atoms with van der Waals surface area (Å²) in [5.74, 6) is -0.670. The number of hydrogen-bond donors (Lipinski definition) is 0. The van der Waals surface area contributed by atoms with Crippen molar-refractivity contribution in [3.63, 3.8) is 0 Å². The maximum atomic E-state index is 13.7. The largest absolute Gasteiger partial charge is 0.313 e. The van der Waals surface area contributed by atoms with Crippen LogP contribution >= 0.6 is 15.9 Å². The van der Waals surface area contributed by atoms with Crippen molar-refractivity contribution in [3.8, 4) is 5.82 Å². The monoisotopic (exact) mass is 314 g/mol. The zero-order valence-electron chi connectivity index (χ0n) is 9.52. The maximum absolute atomic E-state index is 13.7. The molecule has 0 aromatic carbocycles. The molecule has 0 radical (unpaired) electrons. The fourth-order valence-corrected chi connectivity index (χ4v) is 1.97. The number of pyridine rings is 1. The van der Waals surface area contributed by atoms with Crippen LogP contribution in [0.5, 0.6) is 0 Å². The molecule has 2 rings (SSSR count). The van der Waals surface area contributed by atoms with Gasteiger partial charge in [-0.1, -0.05) is 0 Å². The molecule has 18 heavy (non-hydrogen) atoms. The summed E-state index contributed by atoms with van der Waals surface area (Å²) < 4.78 is 15.4. The van der Waals surface area contributed by atoms with E-state index >= 15 is 0 Å². The summed E-state index contributed by atoms with van der Waals surface area (Å²) in [7, 11) is 0. The van der Waals surface area contributed by atoms with Crippen LogP contribution in [0.15, 0.2) is 16.7 Å². The molecule has 0 aliphatic heterocycles. The summed E-state index contributed by atoms with van der Waals surface area (Å²) in [6.07, 6.45) is 1.40. The number of nitro groups is 1. The Balaban J connectivity index is 2.65. The Morgan fingerprint density at radius 2 is 2.17 bits per heavy atom. The molecule has 2 aromatic heterocycles. The summed E-state index contributed by atoms with van der Waals surface area (Å²) in [6.45, 7) is 3.00. The van der Waals surface area contributed by atoms with Crippen LogP contribution in [-0.2, 0) is 0 Å². The molecular formula is C10H8BrFN4O2. The summed E-state index contributed by atoms with van der Waals surface area (Å²) >= 11 is 3.09. The quantitative estimate of drug-likeness (QED) is 0.631. The van der Waals surface area contributed by atoms with Crippen molar-refractivity contribution in [1.82, 2.24) is 14.8 Å². The molecule has 0 aliphatic carbocycles. The van der Waals surface area contributed by atoms with E-state index in [4.69, 9.17) is 0 Å². The third-order valence-electron chi connectivity index (χ3n) is 2.42. The first kappa shape index (κ1) is 12.6. The number of hydrogen-bond acceptors (Lipinski definition) is 4. The summed E-state index contributed by atoms with van der Waals surface area (Å²) in [4.78, 5) is 14.2. The number of aryl methyl sites for hydroxylation is 1. The van der Waals surface area contributed by atoms with Gasteiger partial charge in [0, 0.05) is 10.7 Å². The predicted octanol–water partition coefficient (Wildman–Crippen LogP) is 2.69. The van der Waals surface area contributed by atoms with Crippen LogP contribution in [0.25, 0.3) is 5.82 Å². The lowest BCUT2D eigenvalue weighted by atomic mass is 10.3. The smallest absolute Gasteiger partial charge is 0.258 e. The minimum atomic E-state index is -0.607. The Bertz CT molecular complexity index is 641. The molecule has 0 aliphatic rings. The minimum absolute atomic E-state index is 0.0631. The molecule has 6 nitrogen and oxygen atoms in total. The van der Waals surface area contributed by atoms with Gasteiger partial charge in [0.2, 0.25) is 0 Å². The fraction of sp³-hybridized carbons (Fsp3) is 0.200. The third kappa shape index (κ3) is 1.99. The van der Waals surface area contributed by atoms with Crippen molar-refractivity contribution in [2.75, 3.05) is 0 Å². The van der Waals surface area contributed by atoms with Gasteiger partial charge in [-0.05, 0) is 35.8 Å². The number of halogens is 2. The van der Waals surface area contributed by atoms with Gasteiger partial charge in [-0.2, -0.15) is 5.10 Å². The van der Waals surface area contributed by atoms with Gasteiger partial charge in [0.25, 0.3) is 0 Å². The van der Waals surface area contributed by atoms with Gasteiger partial charge >= 0.3 is 5.69 Å². The first-order chi connectivity index (χ1) is 8.41. The SMILES string of the molecule is Cc1nn(-c2ncc(Br)cc2F)c(C)c1[N+](=O)[O-]. The number of rotatable bonds is 2. The summed E-state index contributed by atoms with van der Waals surface area (Å²) in [5, 5.41) is 14.8. The molecule has 0 atom stereocenters. The van der Waals surface area contributed by atoms with Gasteiger partial charge in [0.1, 0.15) is 11.4 Å². The van der Waals surface area contributed by atoms with Gasteiger partial charge in [-0.3, -0.25) is 10.1 Å². The van der Waals surface area contributed by atoms with Crippen LogP contribution in [0.3, 0.4) is 0 Å². The van der Waals surface area contributed by atoms with E-state index in [0.29, 0.717) is 4.47 Å². The first-order valence-electron chi connectivity index (χ1n) is 4.94. The van der Waals surface area contributed by atoms with Crippen LogP contribution < -0.4 is 0 Å². The molecule has 0 bridgehead atoms. The van der Waals surface area contributed by atoms with Crippen molar-refractivity contribution in [2.24, 2.45) is 0 Å². The second-order valence-corrected chi connectivity index (χ2v) is 4.56. The lowest BCUT2D eigenvalue weighted by molar-refractivity contribution is -0.386. The summed E-state index contributed by atoms with van der Waals surface area (Å²) in [6, 6.07) is 1.23.